The number of benzene rings is 1. The van der Waals surface area contributed by atoms with E-state index in [9.17, 15) is 4.39 Å². The van der Waals surface area contributed by atoms with Crippen molar-refractivity contribution in [3.63, 3.8) is 0 Å². The number of aryl methyl sites for hydroxylation is 2. The van der Waals surface area contributed by atoms with Gasteiger partial charge in [-0.05, 0) is 75.0 Å². The second-order valence-corrected chi connectivity index (χ2v) is 7.56. The van der Waals surface area contributed by atoms with Gasteiger partial charge in [-0.15, -0.1) is 10.2 Å². The minimum absolute atomic E-state index is 0.266. The van der Waals surface area contributed by atoms with E-state index in [4.69, 9.17) is 0 Å². The van der Waals surface area contributed by atoms with Gasteiger partial charge in [-0.1, -0.05) is 0 Å². The van der Waals surface area contributed by atoms with Crippen molar-refractivity contribution in [3.8, 4) is 11.4 Å². The Morgan fingerprint density at radius 1 is 1.04 bits per heavy atom. The van der Waals surface area contributed by atoms with E-state index in [1.807, 2.05) is 42.8 Å². The Morgan fingerprint density at radius 2 is 1.86 bits per heavy atom. The number of nitrogens with zero attached hydrogens (tertiary/aromatic N) is 5. The normalized spacial score (nSPS) is 15.5. The molecule has 0 spiro atoms. The predicted octanol–water partition coefficient (Wildman–Crippen LogP) is 3.56. The van der Waals surface area contributed by atoms with Gasteiger partial charge in [-0.3, -0.25) is 0 Å². The Bertz CT molecular complexity index is 1190. The molecule has 5 rings (SSSR count). The molecule has 4 heterocycles. The number of imidazole rings is 1. The SMILES string of the molecule is Cc1cn2cc(-c3nnc4cc(C5CCNCC5)cc(F)c4n3)cc(C)c2n1. The standard InChI is InChI=1S/C21H21FN6/c1-12-7-16(11-28-10-13(2)24-21(12)28)20-25-19-17(22)8-15(9-18(19)26-27-20)14-3-5-23-6-4-14/h7-11,14,23H,3-6H2,1-2H3. The number of pyridine rings is 1. The van der Waals surface area contributed by atoms with Crippen LogP contribution in [-0.4, -0.2) is 37.7 Å². The molecule has 0 amide bonds. The molecule has 1 saturated heterocycles. The fourth-order valence-electron chi connectivity index (χ4n) is 4.05. The van der Waals surface area contributed by atoms with Gasteiger partial charge in [0, 0.05) is 18.0 Å². The first-order chi connectivity index (χ1) is 13.6. The number of rotatable bonds is 2. The summed E-state index contributed by atoms with van der Waals surface area (Å²) >= 11 is 0. The van der Waals surface area contributed by atoms with Gasteiger partial charge in [0.15, 0.2) is 11.6 Å². The third kappa shape index (κ3) is 2.92. The third-order valence-electron chi connectivity index (χ3n) is 5.46. The van der Waals surface area contributed by atoms with Crippen LogP contribution in [0.25, 0.3) is 28.1 Å². The topological polar surface area (TPSA) is 68.0 Å². The van der Waals surface area contributed by atoms with Gasteiger partial charge in [0.1, 0.15) is 16.7 Å². The number of nitrogens with one attached hydrogen (secondary N) is 1. The summed E-state index contributed by atoms with van der Waals surface area (Å²) in [6.45, 7) is 5.87. The number of aromatic nitrogens is 5. The summed E-state index contributed by atoms with van der Waals surface area (Å²) < 4.78 is 16.8. The Labute approximate surface area is 161 Å². The van der Waals surface area contributed by atoms with E-state index in [0.717, 1.165) is 54.0 Å². The molecule has 1 fully saturated rings. The second kappa shape index (κ2) is 6.60. The smallest absolute Gasteiger partial charge is 0.183 e. The van der Waals surface area contributed by atoms with Gasteiger partial charge < -0.3 is 9.72 Å². The number of hydrogen-bond acceptors (Lipinski definition) is 5. The van der Waals surface area contributed by atoms with Crippen molar-refractivity contribution in [1.82, 2.24) is 29.9 Å². The van der Waals surface area contributed by atoms with E-state index >= 15 is 0 Å². The number of fused-ring (bicyclic) bond motifs is 2. The first kappa shape index (κ1) is 17.2. The van der Waals surface area contributed by atoms with Crippen LogP contribution in [0.15, 0.2) is 30.6 Å². The average Bonchev–Trinajstić information content (AvgIpc) is 3.09. The lowest BCUT2D eigenvalue weighted by Gasteiger charge is -2.23. The Morgan fingerprint density at radius 3 is 2.68 bits per heavy atom. The van der Waals surface area contributed by atoms with Gasteiger partial charge in [0.05, 0.1) is 5.69 Å². The molecule has 1 aliphatic rings. The Kier molecular flexibility index (Phi) is 4.05. The summed E-state index contributed by atoms with van der Waals surface area (Å²) in [4.78, 5) is 9.00. The highest BCUT2D eigenvalue weighted by Crippen LogP contribution is 2.29. The zero-order valence-corrected chi connectivity index (χ0v) is 15.9. The van der Waals surface area contributed by atoms with Crippen molar-refractivity contribution in [3.05, 3.63) is 53.2 Å². The maximum atomic E-state index is 14.9. The monoisotopic (exact) mass is 376 g/mol. The van der Waals surface area contributed by atoms with Crippen LogP contribution in [0.4, 0.5) is 4.39 Å². The van der Waals surface area contributed by atoms with E-state index in [0.29, 0.717) is 17.3 Å². The van der Waals surface area contributed by atoms with Gasteiger partial charge in [-0.2, -0.15) is 0 Å². The lowest BCUT2D eigenvalue weighted by Crippen LogP contribution is -2.26. The number of hydrogen-bond donors (Lipinski definition) is 1. The zero-order valence-electron chi connectivity index (χ0n) is 15.9. The van der Waals surface area contributed by atoms with E-state index in [1.54, 1.807) is 6.07 Å². The van der Waals surface area contributed by atoms with Gasteiger partial charge in [0.2, 0.25) is 0 Å². The fourth-order valence-corrected chi connectivity index (χ4v) is 4.05. The Hall–Kier alpha value is -2.93. The molecular formula is C21H21FN6. The van der Waals surface area contributed by atoms with Crippen LogP contribution in [0.2, 0.25) is 0 Å². The number of halogens is 1. The molecule has 1 aliphatic heterocycles. The second-order valence-electron chi connectivity index (χ2n) is 7.56. The molecule has 1 aromatic carbocycles. The molecule has 1 N–H and O–H groups in total. The molecule has 3 aromatic heterocycles. The van der Waals surface area contributed by atoms with Crippen LogP contribution in [0.3, 0.4) is 0 Å². The molecule has 0 unspecified atom stereocenters. The summed E-state index contributed by atoms with van der Waals surface area (Å²) in [6.07, 6.45) is 5.87. The van der Waals surface area contributed by atoms with E-state index in [2.05, 4.69) is 25.5 Å². The van der Waals surface area contributed by atoms with Gasteiger partial charge in [0.25, 0.3) is 0 Å². The van der Waals surface area contributed by atoms with Crippen LogP contribution >= 0.6 is 0 Å². The molecule has 28 heavy (non-hydrogen) atoms. The van der Waals surface area contributed by atoms with Crippen LogP contribution in [-0.2, 0) is 0 Å². The summed E-state index contributed by atoms with van der Waals surface area (Å²) in [5.74, 6) is 0.437. The summed E-state index contributed by atoms with van der Waals surface area (Å²) in [5.41, 5.74) is 5.40. The van der Waals surface area contributed by atoms with E-state index in [1.165, 1.54) is 0 Å². The predicted molar refractivity (Wildman–Crippen MR) is 106 cm³/mol. The number of piperidine rings is 1. The molecule has 142 valence electrons. The van der Waals surface area contributed by atoms with Crippen molar-refractivity contribution in [2.75, 3.05) is 13.1 Å². The first-order valence-corrected chi connectivity index (χ1v) is 9.59. The molecule has 7 heteroatoms. The lowest BCUT2D eigenvalue weighted by molar-refractivity contribution is 0.459. The van der Waals surface area contributed by atoms with Crippen molar-refractivity contribution >= 4 is 16.7 Å². The van der Waals surface area contributed by atoms with Crippen LogP contribution in [0, 0.1) is 19.7 Å². The van der Waals surface area contributed by atoms with Gasteiger partial charge in [-0.25, -0.2) is 14.4 Å². The highest BCUT2D eigenvalue weighted by atomic mass is 19.1. The van der Waals surface area contributed by atoms with E-state index in [-0.39, 0.29) is 11.3 Å². The van der Waals surface area contributed by atoms with E-state index < -0.39 is 0 Å². The molecule has 0 aliphatic carbocycles. The summed E-state index contributed by atoms with van der Waals surface area (Å²) in [6, 6.07) is 5.52. The lowest BCUT2D eigenvalue weighted by atomic mass is 9.90. The van der Waals surface area contributed by atoms with Crippen molar-refractivity contribution in [2.45, 2.75) is 32.6 Å². The summed E-state index contributed by atoms with van der Waals surface area (Å²) in [7, 11) is 0. The zero-order chi connectivity index (χ0) is 19.3. The minimum atomic E-state index is -0.335. The quantitative estimate of drug-likeness (QED) is 0.579. The molecule has 0 saturated carbocycles. The van der Waals surface area contributed by atoms with Crippen LogP contribution in [0.5, 0.6) is 0 Å². The third-order valence-corrected chi connectivity index (χ3v) is 5.46. The molecule has 0 bridgehead atoms. The van der Waals surface area contributed by atoms with Crippen LogP contribution in [0.1, 0.15) is 35.6 Å². The van der Waals surface area contributed by atoms with Crippen molar-refractivity contribution < 1.29 is 4.39 Å². The highest BCUT2D eigenvalue weighted by molar-refractivity contribution is 5.77. The maximum Gasteiger partial charge on any atom is 0.183 e. The largest absolute Gasteiger partial charge is 0.317 e. The van der Waals surface area contributed by atoms with Crippen molar-refractivity contribution in [1.29, 1.82) is 0 Å². The Balaban J connectivity index is 1.59. The minimum Gasteiger partial charge on any atom is -0.317 e. The van der Waals surface area contributed by atoms with Crippen LogP contribution < -0.4 is 5.32 Å². The average molecular weight is 376 g/mol. The summed E-state index contributed by atoms with van der Waals surface area (Å²) in [5, 5.41) is 11.9. The fraction of sp³-hybridized carbons (Fsp3) is 0.333. The highest BCUT2D eigenvalue weighted by Gasteiger charge is 2.19. The molecular weight excluding hydrogens is 355 g/mol. The van der Waals surface area contributed by atoms with Gasteiger partial charge >= 0.3 is 0 Å². The molecule has 6 nitrogen and oxygen atoms in total. The molecule has 0 radical (unpaired) electrons. The molecule has 4 aromatic rings. The maximum absolute atomic E-state index is 14.9. The molecule has 0 atom stereocenters. The first-order valence-electron chi connectivity index (χ1n) is 9.59. The van der Waals surface area contributed by atoms with Crippen molar-refractivity contribution in [2.24, 2.45) is 0 Å².